The summed E-state index contributed by atoms with van der Waals surface area (Å²) >= 11 is 0. The number of ether oxygens (including phenoxy) is 2. The van der Waals surface area contributed by atoms with E-state index in [2.05, 4.69) is 0 Å². The van der Waals surface area contributed by atoms with Crippen molar-refractivity contribution in [3.63, 3.8) is 0 Å². The standard InChI is InChI=1S/C18H21NO6/c1-22-17(20)14-15(13-9-6-10-24-13)19(25-16(14)18(21)23-2)11-12-7-4-3-5-8-12/h3-10,14-16,18,21H,11H2,1-2H3. The van der Waals surface area contributed by atoms with Crippen LogP contribution >= 0.6 is 0 Å². The van der Waals surface area contributed by atoms with Gasteiger partial charge in [-0.3, -0.25) is 9.63 Å². The third kappa shape index (κ3) is 3.59. The number of carbonyl (C=O) groups is 1. The number of hydrogen-bond acceptors (Lipinski definition) is 7. The number of benzene rings is 1. The van der Waals surface area contributed by atoms with Crippen LogP contribution in [0.4, 0.5) is 0 Å². The Morgan fingerprint density at radius 3 is 2.60 bits per heavy atom. The van der Waals surface area contributed by atoms with Crippen LogP contribution in [0.3, 0.4) is 0 Å². The number of rotatable bonds is 6. The molecule has 1 aliphatic rings. The molecule has 1 saturated heterocycles. The lowest BCUT2D eigenvalue weighted by Gasteiger charge is -2.22. The number of hydrogen-bond donors (Lipinski definition) is 1. The maximum atomic E-state index is 12.4. The zero-order valence-electron chi connectivity index (χ0n) is 14.1. The van der Waals surface area contributed by atoms with Gasteiger partial charge < -0.3 is 19.0 Å². The van der Waals surface area contributed by atoms with Crippen molar-refractivity contribution in [1.82, 2.24) is 5.06 Å². The van der Waals surface area contributed by atoms with Crippen LogP contribution in [0.2, 0.25) is 0 Å². The highest BCUT2D eigenvalue weighted by atomic mass is 16.7. The van der Waals surface area contributed by atoms with Gasteiger partial charge in [-0.05, 0) is 17.7 Å². The Bertz CT molecular complexity index is 674. The molecule has 1 N–H and O–H groups in total. The van der Waals surface area contributed by atoms with Crippen LogP contribution in [0.15, 0.2) is 53.1 Å². The van der Waals surface area contributed by atoms with Crippen LogP contribution in [-0.4, -0.2) is 42.8 Å². The monoisotopic (exact) mass is 347 g/mol. The number of methoxy groups -OCH3 is 2. The number of furan rings is 1. The van der Waals surface area contributed by atoms with E-state index in [1.54, 1.807) is 17.2 Å². The van der Waals surface area contributed by atoms with Crippen molar-refractivity contribution >= 4 is 5.97 Å². The van der Waals surface area contributed by atoms with Gasteiger partial charge in [0, 0.05) is 13.7 Å². The van der Waals surface area contributed by atoms with E-state index in [1.807, 2.05) is 30.3 Å². The first-order chi connectivity index (χ1) is 12.2. The van der Waals surface area contributed by atoms with Crippen LogP contribution in [0.5, 0.6) is 0 Å². The van der Waals surface area contributed by atoms with E-state index in [0.29, 0.717) is 12.3 Å². The maximum Gasteiger partial charge on any atom is 0.313 e. The van der Waals surface area contributed by atoms with Crippen molar-refractivity contribution in [2.24, 2.45) is 5.92 Å². The van der Waals surface area contributed by atoms with Gasteiger partial charge in [0.05, 0.1) is 13.4 Å². The average molecular weight is 347 g/mol. The summed E-state index contributed by atoms with van der Waals surface area (Å²) in [7, 11) is 2.65. The van der Waals surface area contributed by atoms with Crippen molar-refractivity contribution in [3.05, 3.63) is 60.1 Å². The molecule has 0 aliphatic carbocycles. The summed E-state index contributed by atoms with van der Waals surface area (Å²) in [6, 6.07) is 12.6. The Morgan fingerprint density at radius 1 is 1.24 bits per heavy atom. The molecule has 0 saturated carbocycles. The lowest BCUT2D eigenvalue weighted by molar-refractivity contribution is -0.238. The molecule has 1 aromatic heterocycles. The second kappa shape index (κ2) is 7.79. The second-order valence-electron chi connectivity index (χ2n) is 5.77. The van der Waals surface area contributed by atoms with Gasteiger partial charge in [0.2, 0.25) is 0 Å². The Labute approximate surface area is 145 Å². The molecular weight excluding hydrogens is 326 g/mol. The number of carbonyl (C=O) groups excluding carboxylic acids is 1. The summed E-state index contributed by atoms with van der Waals surface area (Å²) in [5, 5.41) is 11.8. The van der Waals surface area contributed by atoms with E-state index in [1.165, 1.54) is 20.5 Å². The zero-order chi connectivity index (χ0) is 17.8. The minimum absolute atomic E-state index is 0.409. The van der Waals surface area contributed by atoms with Crippen LogP contribution in [0.1, 0.15) is 17.4 Å². The van der Waals surface area contributed by atoms with Gasteiger partial charge in [-0.1, -0.05) is 30.3 Å². The summed E-state index contributed by atoms with van der Waals surface area (Å²) in [4.78, 5) is 18.3. The predicted molar refractivity (Wildman–Crippen MR) is 86.8 cm³/mol. The maximum absolute atomic E-state index is 12.4. The molecule has 2 heterocycles. The van der Waals surface area contributed by atoms with Gasteiger partial charge in [-0.2, -0.15) is 5.06 Å². The van der Waals surface area contributed by atoms with Gasteiger partial charge in [0.25, 0.3) is 0 Å². The highest BCUT2D eigenvalue weighted by Gasteiger charge is 2.53. The van der Waals surface area contributed by atoms with Gasteiger partial charge in [0.1, 0.15) is 23.8 Å². The molecule has 0 bridgehead atoms. The number of hydroxylamine groups is 2. The first kappa shape index (κ1) is 17.6. The first-order valence-corrected chi connectivity index (χ1v) is 7.95. The molecule has 4 unspecified atom stereocenters. The summed E-state index contributed by atoms with van der Waals surface area (Å²) < 4.78 is 15.4. The lowest BCUT2D eigenvalue weighted by Crippen LogP contribution is -2.38. The molecule has 25 heavy (non-hydrogen) atoms. The number of esters is 1. The largest absolute Gasteiger partial charge is 0.469 e. The molecule has 1 aromatic carbocycles. The van der Waals surface area contributed by atoms with Gasteiger partial charge in [-0.25, -0.2) is 0 Å². The normalized spacial score (nSPS) is 25.0. The van der Waals surface area contributed by atoms with Gasteiger partial charge in [-0.15, -0.1) is 0 Å². The van der Waals surface area contributed by atoms with Crippen LogP contribution in [0, 0.1) is 5.92 Å². The smallest absolute Gasteiger partial charge is 0.313 e. The fraction of sp³-hybridized carbons (Fsp3) is 0.389. The summed E-state index contributed by atoms with van der Waals surface area (Å²) in [6.07, 6.45) is -0.650. The van der Waals surface area contributed by atoms with Crippen LogP contribution < -0.4 is 0 Å². The Morgan fingerprint density at radius 2 is 2.00 bits per heavy atom. The molecule has 134 valence electrons. The quantitative estimate of drug-likeness (QED) is 0.631. The molecule has 4 atom stereocenters. The molecule has 0 radical (unpaired) electrons. The number of aliphatic hydroxyl groups is 1. The van der Waals surface area contributed by atoms with E-state index < -0.39 is 30.3 Å². The summed E-state index contributed by atoms with van der Waals surface area (Å²) in [6.45, 7) is 0.409. The van der Waals surface area contributed by atoms with Crippen LogP contribution in [-0.2, 0) is 25.7 Å². The van der Waals surface area contributed by atoms with Crippen molar-refractivity contribution in [3.8, 4) is 0 Å². The first-order valence-electron chi connectivity index (χ1n) is 7.95. The third-order valence-electron chi connectivity index (χ3n) is 4.27. The molecule has 0 amide bonds. The predicted octanol–water partition coefficient (Wildman–Crippen LogP) is 1.89. The Kier molecular flexibility index (Phi) is 5.50. The third-order valence-corrected chi connectivity index (χ3v) is 4.27. The average Bonchev–Trinajstić information content (AvgIpc) is 3.28. The van der Waals surface area contributed by atoms with E-state index >= 15 is 0 Å². The highest BCUT2D eigenvalue weighted by molar-refractivity contribution is 5.74. The topological polar surface area (TPSA) is 81.4 Å². The Hall–Kier alpha value is -2.19. The number of nitrogens with zero attached hydrogens (tertiary/aromatic N) is 1. The lowest BCUT2D eigenvalue weighted by atomic mass is 9.92. The summed E-state index contributed by atoms with van der Waals surface area (Å²) in [5.74, 6) is -0.745. The minimum Gasteiger partial charge on any atom is -0.469 e. The minimum atomic E-state index is -1.28. The van der Waals surface area contributed by atoms with Crippen molar-refractivity contribution in [2.75, 3.05) is 14.2 Å². The fourth-order valence-corrected chi connectivity index (χ4v) is 3.09. The van der Waals surface area contributed by atoms with Crippen LogP contribution in [0.25, 0.3) is 0 Å². The van der Waals surface area contributed by atoms with Crippen molar-refractivity contribution in [2.45, 2.75) is 25.0 Å². The van der Waals surface area contributed by atoms with E-state index in [0.717, 1.165) is 5.56 Å². The Balaban J connectivity index is 1.96. The molecular formula is C18H21NO6. The summed E-state index contributed by atoms with van der Waals surface area (Å²) in [5.41, 5.74) is 0.996. The molecule has 1 fully saturated rings. The van der Waals surface area contributed by atoms with Gasteiger partial charge >= 0.3 is 5.97 Å². The molecule has 3 rings (SSSR count). The van der Waals surface area contributed by atoms with E-state index in [9.17, 15) is 9.90 Å². The highest BCUT2D eigenvalue weighted by Crippen LogP contribution is 2.42. The van der Waals surface area contributed by atoms with Gasteiger partial charge in [0.15, 0.2) is 6.29 Å². The van der Waals surface area contributed by atoms with Crippen molar-refractivity contribution in [1.29, 1.82) is 0 Å². The molecule has 2 aromatic rings. The SMILES string of the molecule is COC(=O)C1C(C(O)OC)ON(Cc2ccccc2)C1c1ccco1. The molecule has 7 nitrogen and oxygen atoms in total. The van der Waals surface area contributed by atoms with E-state index in [-0.39, 0.29) is 0 Å². The molecule has 0 spiro atoms. The fourth-order valence-electron chi connectivity index (χ4n) is 3.09. The zero-order valence-corrected chi connectivity index (χ0v) is 14.1. The second-order valence-corrected chi connectivity index (χ2v) is 5.77. The van der Waals surface area contributed by atoms with Crippen molar-refractivity contribution < 1.29 is 28.6 Å². The molecule has 7 heteroatoms. The van der Waals surface area contributed by atoms with E-state index in [4.69, 9.17) is 18.7 Å². The number of aliphatic hydroxyl groups excluding tert-OH is 1. The molecule has 1 aliphatic heterocycles.